The van der Waals surface area contributed by atoms with E-state index >= 15 is 0 Å². The Labute approximate surface area is 151 Å². The van der Waals surface area contributed by atoms with Crippen LogP contribution in [0.5, 0.6) is 0 Å². The van der Waals surface area contributed by atoms with Gasteiger partial charge in [0.1, 0.15) is 0 Å². The molecule has 26 heavy (non-hydrogen) atoms. The van der Waals surface area contributed by atoms with Crippen LogP contribution in [0.3, 0.4) is 0 Å². The van der Waals surface area contributed by atoms with E-state index < -0.39 is 0 Å². The van der Waals surface area contributed by atoms with E-state index in [1.165, 1.54) is 5.57 Å². The summed E-state index contributed by atoms with van der Waals surface area (Å²) >= 11 is 0. The Morgan fingerprint density at radius 1 is 0.692 bits per heavy atom. The second kappa shape index (κ2) is 5.85. The van der Waals surface area contributed by atoms with Gasteiger partial charge in [-0.05, 0) is 78.8 Å². The highest BCUT2D eigenvalue weighted by atomic mass is 14.8. The van der Waals surface area contributed by atoms with Gasteiger partial charge in [-0.3, -0.25) is 0 Å². The van der Waals surface area contributed by atoms with Crippen LogP contribution < -0.4 is 0 Å². The molecule has 0 saturated carbocycles. The number of nitrogens with zero attached hydrogens (tertiary/aromatic N) is 2. The first-order chi connectivity index (χ1) is 12.7. The predicted molar refractivity (Wildman–Crippen MR) is 108 cm³/mol. The van der Waals surface area contributed by atoms with E-state index in [4.69, 9.17) is 4.98 Å². The van der Waals surface area contributed by atoms with Gasteiger partial charge >= 0.3 is 0 Å². The minimum Gasteiger partial charge on any atom is -0.355 e. The molecule has 0 atom stereocenters. The van der Waals surface area contributed by atoms with E-state index in [-0.39, 0.29) is 0 Å². The molecule has 0 spiro atoms. The third-order valence-electron chi connectivity index (χ3n) is 4.63. The molecule has 2 aliphatic heterocycles. The lowest BCUT2D eigenvalue weighted by atomic mass is 10.1. The molecule has 3 aromatic rings. The van der Waals surface area contributed by atoms with Gasteiger partial charge in [0.15, 0.2) is 0 Å². The molecule has 126 valence electrons. The summed E-state index contributed by atoms with van der Waals surface area (Å²) in [6, 6.07) is 16.6. The minimum absolute atomic E-state index is 0.942. The quantitative estimate of drug-likeness (QED) is 0.486. The van der Waals surface area contributed by atoms with Crippen molar-refractivity contribution >= 4 is 45.9 Å². The van der Waals surface area contributed by atoms with Crippen LogP contribution in [0.4, 0.5) is 0 Å². The molecule has 5 heterocycles. The molecular formula is C22H18N4. The van der Waals surface area contributed by atoms with E-state index in [0.29, 0.717) is 0 Å². The van der Waals surface area contributed by atoms with Gasteiger partial charge < -0.3 is 9.97 Å². The molecule has 0 aliphatic carbocycles. The number of rotatable bonds is 1. The van der Waals surface area contributed by atoms with Crippen LogP contribution in [-0.2, 0) is 0 Å². The number of fused-ring (bicyclic) bond motifs is 8. The Bertz CT molecular complexity index is 1220. The second-order valence-corrected chi connectivity index (χ2v) is 6.56. The highest BCUT2D eigenvalue weighted by molar-refractivity contribution is 5.84. The summed E-state index contributed by atoms with van der Waals surface area (Å²) in [7, 11) is 0. The zero-order chi connectivity index (χ0) is 17.5. The Kier molecular flexibility index (Phi) is 3.35. The van der Waals surface area contributed by atoms with Crippen molar-refractivity contribution in [1.82, 2.24) is 19.9 Å². The average molecular weight is 338 g/mol. The molecule has 0 amide bonds. The van der Waals surface area contributed by atoms with Crippen LogP contribution in [-0.4, -0.2) is 19.9 Å². The maximum Gasteiger partial charge on any atom is 0.0690 e. The first-order valence-electron chi connectivity index (χ1n) is 8.82. The fourth-order valence-corrected chi connectivity index (χ4v) is 3.35. The highest BCUT2D eigenvalue weighted by Crippen LogP contribution is 2.25. The maximum absolute atomic E-state index is 4.81. The number of hydrogen-bond donors (Lipinski definition) is 2. The average Bonchev–Trinajstić information content (AvgIpc) is 3.39. The van der Waals surface area contributed by atoms with E-state index in [1.54, 1.807) is 0 Å². The fraction of sp³-hybridized carbons (Fsp3) is 0.0909. The van der Waals surface area contributed by atoms with E-state index in [0.717, 1.165) is 51.3 Å². The van der Waals surface area contributed by atoms with Crippen molar-refractivity contribution in [3.05, 3.63) is 71.3 Å². The Morgan fingerprint density at radius 3 is 1.81 bits per heavy atom. The number of allylic oxidation sites excluding steroid dienone is 1. The van der Waals surface area contributed by atoms with Crippen LogP contribution in [0.25, 0.3) is 45.9 Å². The second-order valence-electron chi connectivity index (χ2n) is 6.56. The van der Waals surface area contributed by atoms with Crippen molar-refractivity contribution in [2.24, 2.45) is 0 Å². The molecule has 0 fully saturated rings. The molecule has 2 N–H and O–H groups in total. The van der Waals surface area contributed by atoms with Crippen LogP contribution in [0.1, 0.15) is 36.1 Å². The smallest absolute Gasteiger partial charge is 0.0690 e. The summed E-state index contributed by atoms with van der Waals surface area (Å²) in [5, 5.41) is 0. The summed E-state index contributed by atoms with van der Waals surface area (Å²) < 4.78 is 0. The van der Waals surface area contributed by atoms with Gasteiger partial charge in [0, 0.05) is 22.1 Å². The molecule has 0 radical (unpaired) electrons. The van der Waals surface area contributed by atoms with Gasteiger partial charge in [-0.2, -0.15) is 0 Å². The number of aromatic amines is 2. The summed E-state index contributed by atoms with van der Waals surface area (Å²) in [6.07, 6.45) is 7.18. The molecular weight excluding hydrogens is 320 g/mol. The van der Waals surface area contributed by atoms with Crippen molar-refractivity contribution in [2.45, 2.75) is 13.3 Å². The highest BCUT2D eigenvalue weighted by Gasteiger charge is 2.08. The largest absolute Gasteiger partial charge is 0.355 e. The lowest BCUT2D eigenvalue weighted by Gasteiger charge is -1.93. The van der Waals surface area contributed by atoms with Crippen molar-refractivity contribution in [2.75, 3.05) is 0 Å². The Hall–Kier alpha value is -3.40. The predicted octanol–water partition coefficient (Wildman–Crippen LogP) is 5.44. The molecule has 4 nitrogen and oxygen atoms in total. The number of H-pyrrole nitrogens is 2. The number of nitrogens with one attached hydrogen (secondary N) is 2. The van der Waals surface area contributed by atoms with Gasteiger partial charge in [0.05, 0.1) is 22.8 Å². The van der Waals surface area contributed by atoms with Gasteiger partial charge in [0.2, 0.25) is 0 Å². The molecule has 2 aliphatic rings. The van der Waals surface area contributed by atoms with Crippen LogP contribution in [0.2, 0.25) is 0 Å². The monoisotopic (exact) mass is 338 g/mol. The normalized spacial score (nSPS) is 13.0. The zero-order valence-electron chi connectivity index (χ0n) is 14.5. The van der Waals surface area contributed by atoms with Crippen molar-refractivity contribution in [1.29, 1.82) is 0 Å². The van der Waals surface area contributed by atoms with E-state index in [1.807, 2.05) is 12.2 Å². The van der Waals surface area contributed by atoms with Crippen molar-refractivity contribution in [3.63, 3.8) is 0 Å². The van der Waals surface area contributed by atoms with Gasteiger partial charge in [-0.25, -0.2) is 9.97 Å². The van der Waals surface area contributed by atoms with Crippen LogP contribution in [0, 0.1) is 0 Å². The fourth-order valence-electron chi connectivity index (χ4n) is 3.35. The minimum atomic E-state index is 0.942. The lowest BCUT2D eigenvalue weighted by molar-refractivity contribution is 1.22. The Morgan fingerprint density at radius 2 is 1.23 bits per heavy atom. The first kappa shape index (κ1) is 14.9. The molecule has 4 heteroatoms. The zero-order valence-corrected chi connectivity index (χ0v) is 14.5. The van der Waals surface area contributed by atoms with E-state index in [2.05, 4.69) is 76.5 Å². The molecule has 0 unspecified atom stereocenters. The topological polar surface area (TPSA) is 57.4 Å². The lowest BCUT2D eigenvalue weighted by Crippen LogP contribution is -1.79. The van der Waals surface area contributed by atoms with Gasteiger partial charge in [0.25, 0.3) is 0 Å². The molecule has 8 bridgehead atoms. The number of hydrogen-bond acceptors (Lipinski definition) is 2. The van der Waals surface area contributed by atoms with Gasteiger partial charge in [-0.15, -0.1) is 0 Å². The SMILES string of the molecule is CCC1=Cc2cc3ccc(cc4nc(cc5ccc(cc1n2)[nH]5)C=C4)[nH]3. The maximum atomic E-state index is 4.81. The van der Waals surface area contributed by atoms with Crippen LogP contribution in [0.15, 0.2) is 48.5 Å². The van der Waals surface area contributed by atoms with Crippen LogP contribution >= 0.6 is 0 Å². The number of aromatic nitrogens is 4. The summed E-state index contributed by atoms with van der Waals surface area (Å²) in [5.74, 6) is 0. The molecule has 3 aromatic heterocycles. The van der Waals surface area contributed by atoms with Crippen molar-refractivity contribution < 1.29 is 0 Å². The van der Waals surface area contributed by atoms with E-state index in [9.17, 15) is 0 Å². The standard InChI is InChI=1S/C22H18N4/c1-2-14-9-21-12-19-6-5-17(24-19)10-15-3-4-16(23-15)11-18-7-8-20(25-18)13-22(14)26-21/h3-13,24-25H,2H2,1H3. The molecule has 0 aromatic carbocycles. The summed E-state index contributed by atoms with van der Waals surface area (Å²) in [5.41, 5.74) is 9.28. The van der Waals surface area contributed by atoms with Crippen molar-refractivity contribution in [3.8, 4) is 0 Å². The third kappa shape index (κ3) is 2.75. The first-order valence-corrected chi connectivity index (χ1v) is 8.82. The van der Waals surface area contributed by atoms with Gasteiger partial charge in [-0.1, -0.05) is 6.92 Å². The summed E-state index contributed by atoms with van der Waals surface area (Å²) in [4.78, 5) is 16.3. The third-order valence-corrected chi connectivity index (χ3v) is 4.63. The Balaban J connectivity index is 1.85. The molecule has 0 saturated heterocycles. The summed E-state index contributed by atoms with van der Waals surface area (Å²) in [6.45, 7) is 2.16. The molecule has 5 rings (SSSR count).